The summed E-state index contributed by atoms with van der Waals surface area (Å²) < 4.78 is 0. The number of carbonyl (C=O) groups excluding carboxylic acids is 2. The molecule has 1 aromatic rings. The summed E-state index contributed by atoms with van der Waals surface area (Å²) in [6.07, 6.45) is 3.22. The normalized spacial score (nSPS) is 18.7. The Balaban J connectivity index is 1.91. The highest BCUT2D eigenvalue weighted by Crippen LogP contribution is 2.25. The van der Waals surface area contributed by atoms with Gasteiger partial charge in [0, 0.05) is 25.4 Å². The van der Waals surface area contributed by atoms with Crippen molar-refractivity contribution in [2.75, 3.05) is 24.6 Å². The van der Waals surface area contributed by atoms with Crippen LogP contribution in [-0.2, 0) is 9.59 Å². The van der Waals surface area contributed by atoms with E-state index in [1.807, 2.05) is 31.2 Å². The van der Waals surface area contributed by atoms with E-state index in [1.54, 1.807) is 4.90 Å². The molecule has 0 aliphatic carbocycles. The smallest absolute Gasteiger partial charge is 0.239 e. The number of carbonyl (C=O) groups is 2. The van der Waals surface area contributed by atoms with Gasteiger partial charge in [-0.25, -0.2) is 0 Å². The number of rotatable bonds is 8. The number of anilines is 1. The van der Waals surface area contributed by atoms with E-state index in [-0.39, 0.29) is 24.3 Å². The molecule has 2 rings (SSSR count). The van der Waals surface area contributed by atoms with Gasteiger partial charge in [0.2, 0.25) is 11.8 Å². The predicted molar refractivity (Wildman–Crippen MR) is 94.7 cm³/mol. The molecule has 5 heteroatoms. The highest BCUT2D eigenvalue weighted by molar-refractivity contribution is 6.09. The van der Waals surface area contributed by atoms with Gasteiger partial charge in [-0.1, -0.05) is 31.0 Å². The molecule has 24 heavy (non-hydrogen) atoms. The minimum Gasteiger partial charge on any atom is -0.396 e. The highest BCUT2D eigenvalue weighted by Gasteiger charge is 2.37. The molecule has 132 valence electrons. The first-order valence-corrected chi connectivity index (χ1v) is 8.83. The molecule has 1 saturated heterocycles. The second-order valence-corrected chi connectivity index (χ2v) is 6.58. The Kier molecular flexibility index (Phi) is 6.79. The van der Waals surface area contributed by atoms with Crippen LogP contribution in [0.1, 0.15) is 38.2 Å². The number of aliphatic hydroxyl groups excluding tert-OH is 1. The molecule has 0 spiro atoms. The number of nitrogens with zero attached hydrogens (tertiary/aromatic N) is 1. The summed E-state index contributed by atoms with van der Waals surface area (Å²) in [6.45, 7) is 5.33. The topological polar surface area (TPSA) is 69.6 Å². The average molecular weight is 332 g/mol. The lowest BCUT2D eigenvalue weighted by molar-refractivity contribution is -0.132. The lowest BCUT2D eigenvalue weighted by atomic mass is 9.99. The first-order chi connectivity index (χ1) is 11.6. The molecule has 1 aliphatic heterocycles. The van der Waals surface area contributed by atoms with Crippen LogP contribution in [0.3, 0.4) is 0 Å². The Bertz CT molecular complexity index is 550. The molecule has 0 saturated carbocycles. The van der Waals surface area contributed by atoms with Crippen molar-refractivity contribution < 1.29 is 14.7 Å². The Morgan fingerprint density at radius 3 is 2.67 bits per heavy atom. The third-order valence-electron chi connectivity index (χ3n) is 4.67. The Morgan fingerprint density at radius 1 is 1.33 bits per heavy atom. The van der Waals surface area contributed by atoms with E-state index in [2.05, 4.69) is 12.2 Å². The third kappa shape index (κ3) is 4.57. The van der Waals surface area contributed by atoms with Crippen LogP contribution < -0.4 is 10.2 Å². The van der Waals surface area contributed by atoms with Crippen molar-refractivity contribution >= 4 is 17.5 Å². The van der Waals surface area contributed by atoms with Crippen molar-refractivity contribution in [3.8, 4) is 0 Å². The van der Waals surface area contributed by atoms with Gasteiger partial charge in [-0.15, -0.1) is 0 Å². The molecule has 0 radical (unpaired) electrons. The summed E-state index contributed by atoms with van der Waals surface area (Å²) in [5.74, 6) is -0.629. The van der Waals surface area contributed by atoms with E-state index in [0.717, 1.165) is 24.1 Å². The summed E-state index contributed by atoms with van der Waals surface area (Å²) in [4.78, 5) is 26.6. The maximum atomic E-state index is 12.6. The molecule has 0 aromatic heterocycles. The van der Waals surface area contributed by atoms with E-state index in [1.165, 1.54) is 0 Å². The summed E-state index contributed by atoms with van der Waals surface area (Å²) in [5.41, 5.74) is 2.00. The molecule has 1 aromatic carbocycles. The van der Waals surface area contributed by atoms with E-state index in [4.69, 9.17) is 5.11 Å². The van der Waals surface area contributed by atoms with Crippen LogP contribution in [0.5, 0.6) is 0 Å². The van der Waals surface area contributed by atoms with Gasteiger partial charge in [-0.05, 0) is 44.2 Å². The van der Waals surface area contributed by atoms with Crippen LogP contribution in [0.2, 0.25) is 0 Å². The average Bonchev–Trinajstić information content (AvgIpc) is 2.95. The minimum absolute atomic E-state index is 0.120. The van der Waals surface area contributed by atoms with Gasteiger partial charge in [0.05, 0.1) is 0 Å². The summed E-state index contributed by atoms with van der Waals surface area (Å²) >= 11 is 0. The van der Waals surface area contributed by atoms with Gasteiger partial charge >= 0.3 is 0 Å². The zero-order chi connectivity index (χ0) is 17.5. The highest BCUT2D eigenvalue weighted by atomic mass is 16.3. The van der Waals surface area contributed by atoms with Gasteiger partial charge in [0.15, 0.2) is 0 Å². The van der Waals surface area contributed by atoms with Gasteiger partial charge < -0.3 is 15.3 Å². The van der Waals surface area contributed by atoms with E-state index < -0.39 is 5.92 Å². The number of aryl methyl sites for hydroxylation is 1. The maximum absolute atomic E-state index is 12.6. The molecule has 1 fully saturated rings. The first-order valence-electron chi connectivity index (χ1n) is 8.83. The number of benzene rings is 1. The molecule has 1 aliphatic rings. The van der Waals surface area contributed by atoms with Crippen LogP contribution in [0.15, 0.2) is 24.3 Å². The van der Waals surface area contributed by atoms with Gasteiger partial charge in [-0.3, -0.25) is 9.59 Å². The quantitative estimate of drug-likeness (QED) is 0.718. The molecule has 0 bridgehead atoms. The summed E-state index contributed by atoms with van der Waals surface area (Å²) in [5, 5.41) is 12.0. The second kappa shape index (κ2) is 8.83. The largest absolute Gasteiger partial charge is 0.396 e. The monoisotopic (exact) mass is 332 g/mol. The lowest BCUT2D eigenvalue weighted by Crippen LogP contribution is -2.39. The van der Waals surface area contributed by atoms with E-state index in [9.17, 15) is 9.59 Å². The second-order valence-electron chi connectivity index (χ2n) is 6.58. The minimum atomic E-state index is -0.595. The number of hydrogen-bond acceptors (Lipinski definition) is 3. The fourth-order valence-electron chi connectivity index (χ4n) is 3.21. The van der Waals surface area contributed by atoms with Crippen LogP contribution in [-0.4, -0.2) is 36.6 Å². The molecule has 2 amide bonds. The van der Waals surface area contributed by atoms with Gasteiger partial charge in [0.1, 0.15) is 5.92 Å². The third-order valence-corrected chi connectivity index (χ3v) is 4.67. The Hall–Kier alpha value is -1.88. The molecule has 5 nitrogen and oxygen atoms in total. The van der Waals surface area contributed by atoms with Crippen LogP contribution >= 0.6 is 0 Å². The van der Waals surface area contributed by atoms with Gasteiger partial charge in [-0.2, -0.15) is 0 Å². The number of aliphatic hydroxyl groups is 1. The Morgan fingerprint density at radius 2 is 2.04 bits per heavy atom. The zero-order valence-corrected chi connectivity index (χ0v) is 14.6. The lowest BCUT2D eigenvalue weighted by Gasteiger charge is -2.18. The number of nitrogens with one attached hydrogen (secondary N) is 1. The number of hydrogen-bond donors (Lipinski definition) is 2. The zero-order valence-electron chi connectivity index (χ0n) is 14.6. The van der Waals surface area contributed by atoms with Crippen molar-refractivity contribution in [3.05, 3.63) is 29.8 Å². The fourth-order valence-corrected chi connectivity index (χ4v) is 3.21. The van der Waals surface area contributed by atoms with E-state index in [0.29, 0.717) is 25.9 Å². The molecule has 2 atom stereocenters. The van der Waals surface area contributed by atoms with Crippen LogP contribution in [0, 0.1) is 18.8 Å². The SMILES string of the molecule is CCCC(CCO)CNC(=O)C1CCN(c2ccc(C)cc2)C1=O. The molecule has 2 unspecified atom stereocenters. The van der Waals surface area contributed by atoms with Crippen LogP contribution in [0.25, 0.3) is 0 Å². The summed E-state index contributed by atoms with van der Waals surface area (Å²) in [6, 6.07) is 7.79. The maximum Gasteiger partial charge on any atom is 0.239 e. The molecule has 1 heterocycles. The van der Waals surface area contributed by atoms with Crippen LogP contribution in [0.4, 0.5) is 5.69 Å². The Labute approximate surface area is 144 Å². The summed E-state index contributed by atoms with van der Waals surface area (Å²) in [7, 11) is 0. The van der Waals surface area contributed by atoms with Crippen molar-refractivity contribution in [2.45, 2.75) is 39.5 Å². The van der Waals surface area contributed by atoms with Crippen molar-refractivity contribution in [2.24, 2.45) is 11.8 Å². The predicted octanol–water partition coefficient (Wildman–Crippen LogP) is 2.26. The standard InChI is InChI=1S/C19H28N2O3/c1-3-4-15(10-12-22)13-20-18(23)17-9-11-21(19(17)24)16-7-5-14(2)6-8-16/h5-8,15,17,22H,3-4,9-13H2,1-2H3,(H,20,23). The number of amides is 2. The van der Waals surface area contributed by atoms with Crippen molar-refractivity contribution in [1.82, 2.24) is 5.32 Å². The van der Waals surface area contributed by atoms with E-state index >= 15 is 0 Å². The molecule has 2 N–H and O–H groups in total. The molecular formula is C19H28N2O3. The molecular weight excluding hydrogens is 304 g/mol. The fraction of sp³-hybridized carbons (Fsp3) is 0.579. The van der Waals surface area contributed by atoms with Crippen molar-refractivity contribution in [1.29, 1.82) is 0 Å². The first kappa shape index (κ1) is 18.5. The van der Waals surface area contributed by atoms with Gasteiger partial charge in [0.25, 0.3) is 0 Å². The van der Waals surface area contributed by atoms with Crippen molar-refractivity contribution in [3.63, 3.8) is 0 Å².